The van der Waals surface area contributed by atoms with E-state index < -0.39 is 31.6 Å². The van der Waals surface area contributed by atoms with E-state index in [1.165, 1.54) is 13.2 Å². The van der Waals surface area contributed by atoms with Gasteiger partial charge in [0.15, 0.2) is 14.4 Å². The number of rotatable bonds is 15. The minimum atomic E-state index is -2.11. The Labute approximate surface area is 232 Å². The van der Waals surface area contributed by atoms with Crippen LogP contribution in [0.1, 0.15) is 92.9 Å². The highest BCUT2D eigenvalue weighted by molar-refractivity contribution is 6.74. The molecule has 0 aliphatic carbocycles. The van der Waals surface area contributed by atoms with Crippen molar-refractivity contribution in [3.05, 3.63) is 24.3 Å². The molecular weight excluding hydrogens is 500 g/mol. The van der Waals surface area contributed by atoms with Crippen molar-refractivity contribution in [1.82, 2.24) is 0 Å². The molecule has 38 heavy (non-hydrogen) atoms. The lowest BCUT2D eigenvalue weighted by Gasteiger charge is -2.54. The van der Waals surface area contributed by atoms with Crippen LogP contribution < -0.4 is 0 Å². The van der Waals surface area contributed by atoms with Crippen LogP contribution in [0.25, 0.3) is 0 Å². The van der Waals surface area contributed by atoms with Gasteiger partial charge in [0, 0.05) is 31.6 Å². The Morgan fingerprint density at radius 3 is 2.26 bits per heavy atom. The van der Waals surface area contributed by atoms with E-state index in [4.69, 9.17) is 23.4 Å². The number of hydrogen-bond acceptors (Lipinski definition) is 7. The van der Waals surface area contributed by atoms with Crippen LogP contribution in [-0.4, -0.2) is 59.1 Å². The first-order chi connectivity index (χ1) is 17.6. The predicted octanol–water partition coefficient (Wildman–Crippen LogP) is 7.11. The van der Waals surface area contributed by atoms with Gasteiger partial charge < -0.3 is 23.4 Å². The Hall–Kier alpha value is -1.48. The van der Waals surface area contributed by atoms with Gasteiger partial charge in [0.1, 0.15) is 0 Å². The molecule has 8 heteroatoms. The summed E-state index contributed by atoms with van der Waals surface area (Å²) in [6.45, 7) is 21.3. The first kappa shape index (κ1) is 34.5. The number of methoxy groups -OCH3 is 2. The fourth-order valence-corrected chi connectivity index (χ4v) is 5.62. The van der Waals surface area contributed by atoms with Crippen molar-refractivity contribution in [2.45, 2.75) is 129 Å². The molecule has 220 valence electrons. The Morgan fingerprint density at radius 2 is 1.74 bits per heavy atom. The maximum atomic E-state index is 13.1. The van der Waals surface area contributed by atoms with Gasteiger partial charge in [-0.1, -0.05) is 73.3 Å². The SMILES string of the molecule is C=CCC1CC(=CC(=O)OC)[C@H](OC(=O)CCCCCCC)[C@](OC)(C(C)(C)CO[Si](C)(C)C(C)(C)C)O1. The first-order valence-corrected chi connectivity index (χ1v) is 17.0. The average molecular weight is 555 g/mol. The molecule has 0 amide bonds. The Bertz CT molecular complexity index is 812. The molecule has 0 N–H and O–H groups in total. The largest absolute Gasteiger partial charge is 0.466 e. The van der Waals surface area contributed by atoms with Crippen LogP contribution in [0.3, 0.4) is 0 Å². The lowest BCUT2D eigenvalue weighted by Crippen LogP contribution is -2.65. The molecule has 1 fully saturated rings. The molecule has 3 atom stereocenters. The van der Waals surface area contributed by atoms with Gasteiger partial charge >= 0.3 is 11.9 Å². The summed E-state index contributed by atoms with van der Waals surface area (Å²) in [5, 5.41) is 0.0156. The molecule has 0 radical (unpaired) electrons. The zero-order valence-corrected chi connectivity index (χ0v) is 26.7. The molecule has 1 rings (SSSR count). The van der Waals surface area contributed by atoms with Crippen LogP contribution in [0.2, 0.25) is 18.1 Å². The monoisotopic (exact) mass is 554 g/mol. The van der Waals surface area contributed by atoms with Crippen LogP contribution in [0.15, 0.2) is 24.3 Å². The molecule has 1 saturated heterocycles. The summed E-state index contributed by atoms with van der Waals surface area (Å²) >= 11 is 0. The highest BCUT2D eigenvalue weighted by Crippen LogP contribution is 2.49. The summed E-state index contributed by atoms with van der Waals surface area (Å²) in [5.41, 5.74) is -0.144. The third-order valence-corrected chi connectivity index (χ3v) is 12.5. The normalized spacial score (nSPS) is 23.8. The Balaban J connectivity index is 3.47. The van der Waals surface area contributed by atoms with Crippen molar-refractivity contribution in [1.29, 1.82) is 0 Å². The number of carbonyl (C=O) groups excluding carboxylic acids is 2. The van der Waals surface area contributed by atoms with Gasteiger partial charge in [-0.2, -0.15) is 0 Å². The van der Waals surface area contributed by atoms with Crippen molar-refractivity contribution in [3.63, 3.8) is 0 Å². The molecular formula is C30H54O7Si. The summed E-state index contributed by atoms with van der Waals surface area (Å²) < 4.78 is 30.6. The van der Waals surface area contributed by atoms with Gasteiger partial charge in [-0.25, -0.2) is 4.79 Å². The number of ether oxygens (including phenoxy) is 4. The molecule has 1 unspecified atom stereocenters. The van der Waals surface area contributed by atoms with Crippen LogP contribution in [0.5, 0.6) is 0 Å². The second kappa shape index (κ2) is 14.8. The molecule has 0 aromatic heterocycles. The summed E-state index contributed by atoms with van der Waals surface area (Å²) in [5.74, 6) is -2.24. The maximum Gasteiger partial charge on any atom is 0.330 e. The third kappa shape index (κ3) is 9.03. The molecule has 0 spiro atoms. The number of carbonyl (C=O) groups is 2. The average Bonchev–Trinajstić information content (AvgIpc) is 2.83. The quantitative estimate of drug-likeness (QED) is 0.0701. The highest BCUT2D eigenvalue weighted by atomic mass is 28.4. The van der Waals surface area contributed by atoms with Crippen LogP contribution in [0.4, 0.5) is 0 Å². The van der Waals surface area contributed by atoms with Gasteiger partial charge in [-0.05, 0) is 43.0 Å². The molecule has 0 bridgehead atoms. The van der Waals surface area contributed by atoms with E-state index in [0.29, 0.717) is 31.4 Å². The van der Waals surface area contributed by atoms with Crippen LogP contribution in [0, 0.1) is 5.41 Å². The molecule has 0 saturated carbocycles. The fourth-order valence-electron chi connectivity index (χ4n) is 4.47. The predicted molar refractivity (Wildman–Crippen MR) is 154 cm³/mol. The first-order valence-electron chi connectivity index (χ1n) is 14.1. The Kier molecular flexibility index (Phi) is 13.4. The van der Waals surface area contributed by atoms with E-state index >= 15 is 0 Å². The van der Waals surface area contributed by atoms with E-state index in [2.05, 4.69) is 47.4 Å². The minimum absolute atomic E-state index is 0.0156. The van der Waals surface area contributed by atoms with Gasteiger partial charge in [0.05, 0.1) is 13.2 Å². The highest BCUT2D eigenvalue weighted by Gasteiger charge is 2.60. The van der Waals surface area contributed by atoms with Crippen molar-refractivity contribution in [2.75, 3.05) is 20.8 Å². The number of unbranched alkanes of at least 4 members (excludes halogenated alkanes) is 4. The van der Waals surface area contributed by atoms with Crippen molar-refractivity contribution >= 4 is 20.3 Å². The van der Waals surface area contributed by atoms with Crippen molar-refractivity contribution < 1.29 is 33.0 Å². The molecule has 0 aromatic carbocycles. The lowest BCUT2D eigenvalue weighted by atomic mass is 9.75. The third-order valence-electron chi connectivity index (χ3n) is 8.00. The second-order valence-electron chi connectivity index (χ2n) is 12.5. The maximum absolute atomic E-state index is 13.1. The number of esters is 2. The summed E-state index contributed by atoms with van der Waals surface area (Å²) in [7, 11) is 0.781. The van der Waals surface area contributed by atoms with Crippen LogP contribution >= 0.6 is 0 Å². The zero-order valence-electron chi connectivity index (χ0n) is 25.7. The molecule has 1 aliphatic heterocycles. The van der Waals surface area contributed by atoms with E-state index in [0.717, 1.165) is 32.1 Å². The smallest absolute Gasteiger partial charge is 0.330 e. The Morgan fingerprint density at radius 1 is 1.11 bits per heavy atom. The number of hydrogen-bond donors (Lipinski definition) is 0. The van der Waals surface area contributed by atoms with E-state index in [9.17, 15) is 9.59 Å². The molecule has 0 aromatic rings. The molecule has 7 nitrogen and oxygen atoms in total. The summed E-state index contributed by atoms with van der Waals surface area (Å²) in [6, 6.07) is 0. The van der Waals surface area contributed by atoms with E-state index in [1.54, 1.807) is 13.2 Å². The van der Waals surface area contributed by atoms with E-state index in [1.807, 2.05) is 13.8 Å². The van der Waals surface area contributed by atoms with Gasteiger partial charge in [-0.15, -0.1) is 6.58 Å². The standard InChI is InChI=1S/C30H54O7Si/c1-12-14-15-16-17-19-25(31)36-27-23(21-26(32)33-8)20-24(18-13-2)37-30(27,34-9)29(6,7)22-35-38(10,11)28(3,4)5/h13,21,24,27H,2,12,14-20,22H2,1,3-11H3/t24?,27-,30+/m0/s1. The van der Waals surface area contributed by atoms with Gasteiger partial charge in [-0.3, -0.25) is 4.79 Å². The minimum Gasteiger partial charge on any atom is -0.466 e. The summed E-state index contributed by atoms with van der Waals surface area (Å²) in [4.78, 5) is 25.5. The molecule has 1 heterocycles. The van der Waals surface area contributed by atoms with Crippen molar-refractivity contribution in [3.8, 4) is 0 Å². The second-order valence-corrected chi connectivity index (χ2v) is 17.4. The van der Waals surface area contributed by atoms with Gasteiger partial charge in [0.25, 0.3) is 0 Å². The van der Waals surface area contributed by atoms with E-state index in [-0.39, 0.29) is 17.1 Å². The van der Waals surface area contributed by atoms with Crippen LogP contribution in [-0.2, 0) is 33.0 Å². The fraction of sp³-hybridized carbons (Fsp3) is 0.800. The topological polar surface area (TPSA) is 80.3 Å². The van der Waals surface area contributed by atoms with Crippen molar-refractivity contribution in [2.24, 2.45) is 5.41 Å². The molecule has 1 aliphatic rings. The summed E-state index contributed by atoms with van der Waals surface area (Å²) in [6.07, 6.45) is 8.26. The van der Waals surface area contributed by atoms with Gasteiger partial charge in [0.2, 0.25) is 5.79 Å². The zero-order chi connectivity index (χ0) is 29.2. The lowest BCUT2D eigenvalue weighted by molar-refractivity contribution is -0.348.